The van der Waals surface area contributed by atoms with Crippen LogP contribution in [0.25, 0.3) is 0 Å². The average molecular weight is 292 g/mol. The molecule has 4 fully saturated rings. The van der Waals surface area contributed by atoms with Crippen LogP contribution in [0.1, 0.15) is 57.8 Å². The monoisotopic (exact) mass is 292 g/mol. The molecule has 3 heteroatoms. The van der Waals surface area contributed by atoms with E-state index in [1.54, 1.807) is 7.11 Å². The van der Waals surface area contributed by atoms with Crippen LogP contribution in [0.5, 0.6) is 0 Å². The lowest BCUT2D eigenvalue weighted by Crippen LogP contribution is -2.52. The molecule has 0 radical (unpaired) electrons. The average Bonchev–Trinajstić information content (AvgIpc) is 2.41. The summed E-state index contributed by atoms with van der Waals surface area (Å²) >= 11 is 0. The largest absolute Gasteiger partial charge is 0.456 e. The standard InChI is InChI=1S/C18H28O3/c1-13(5-3-4-6-20-2)17(19)21-18-10-14-7-15(11-18)9-16(8-14)12-18/h14-16H,1,3-12H2,2H3. The quantitative estimate of drug-likeness (QED) is 0.406. The molecule has 0 N–H and O–H groups in total. The molecule has 4 saturated carbocycles. The first-order valence-corrected chi connectivity index (χ1v) is 8.50. The number of ether oxygens (including phenoxy) is 2. The third-order valence-corrected chi connectivity index (χ3v) is 5.66. The minimum Gasteiger partial charge on any atom is -0.456 e. The molecule has 0 spiro atoms. The second-order valence-corrected chi connectivity index (χ2v) is 7.54. The Labute approximate surface area is 128 Å². The van der Waals surface area contributed by atoms with Crippen LogP contribution < -0.4 is 0 Å². The first-order chi connectivity index (χ1) is 10.1. The van der Waals surface area contributed by atoms with E-state index in [0.29, 0.717) is 5.57 Å². The lowest BCUT2D eigenvalue weighted by Gasteiger charge is -2.55. The Hall–Kier alpha value is -0.830. The topological polar surface area (TPSA) is 35.5 Å². The lowest BCUT2D eigenvalue weighted by atomic mass is 9.54. The van der Waals surface area contributed by atoms with Gasteiger partial charge in [-0.15, -0.1) is 0 Å². The number of esters is 1. The number of hydrogen-bond acceptors (Lipinski definition) is 3. The molecule has 0 aromatic carbocycles. The van der Waals surface area contributed by atoms with Crippen molar-refractivity contribution in [3.63, 3.8) is 0 Å². The first-order valence-electron chi connectivity index (χ1n) is 8.50. The third-order valence-electron chi connectivity index (χ3n) is 5.66. The van der Waals surface area contributed by atoms with Gasteiger partial charge < -0.3 is 9.47 Å². The van der Waals surface area contributed by atoms with Gasteiger partial charge in [0.25, 0.3) is 0 Å². The molecule has 4 bridgehead atoms. The predicted molar refractivity (Wildman–Crippen MR) is 81.9 cm³/mol. The maximum atomic E-state index is 12.3. The van der Waals surface area contributed by atoms with Gasteiger partial charge in [0.05, 0.1) is 0 Å². The molecule has 0 atom stereocenters. The van der Waals surface area contributed by atoms with E-state index in [-0.39, 0.29) is 11.6 Å². The van der Waals surface area contributed by atoms with Crippen LogP contribution in [-0.2, 0) is 14.3 Å². The zero-order chi connectivity index (χ0) is 14.9. The smallest absolute Gasteiger partial charge is 0.333 e. The number of carbonyl (C=O) groups is 1. The molecule has 0 aliphatic heterocycles. The molecular weight excluding hydrogens is 264 g/mol. The molecule has 4 aliphatic carbocycles. The van der Waals surface area contributed by atoms with E-state index in [1.807, 2.05) is 0 Å². The van der Waals surface area contributed by atoms with Crippen LogP contribution in [0, 0.1) is 17.8 Å². The van der Waals surface area contributed by atoms with Crippen molar-refractivity contribution >= 4 is 5.97 Å². The summed E-state index contributed by atoms with van der Waals surface area (Å²) in [4.78, 5) is 12.3. The van der Waals surface area contributed by atoms with Gasteiger partial charge in [0.1, 0.15) is 5.60 Å². The van der Waals surface area contributed by atoms with Crippen LogP contribution in [0.3, 0.4) is 0 Å². The summed E-state index contributed by atoms with van der Waals surface area (Å²) in [5.41, 5.74) is 0.503. The highest BCUT2D eigenvalue weighted by atomic mass is 16.6. The van der Waals surface area contributed by atoms with Crippen molar-refractivity contribution in [2.75, 3.05) is 13.7 Å². The van der Waals surface area contributed by atoms with E-state index in [4.69, 9.17) is 9.47 Å². The number of carbonyl (C=O) groups excluding carboxylic acids is 1. The van der Waals surface area contributed by atoms with E-state index >= 15 is 0 Å². The van der Waals surface area contributed by atoms with Crippen molar-refractivity contribution in [3.8, 4) is 0 Å². The normalized spacial score (nSPS) is 36.7. The molecule has 21 heavy (non-hydrogen) atoms. The van der Waals surface area contributed by atoms with Crippen LogP contribution in [0.15, 0.2) is 12.2 Å². The van der Waals surface area contributed by atoms with E-state index < -0.39 is 0 Å². The number of rotatable bonds is 7. The second-order valence-electron chi connectivity index (χ2n) is 7.54. The van der Waals surface area contributed by atoms with Crippen LogP contribution in [-0.4, -0.2) is 25.3 Å². The van der Waals surface area contributed by atoms with Gasteiger partial charge in [0.15, 0.2) is 0 Å². The summed E-state index contributed by atoms with van der Waals surface area (Å²) in [7, 11) is 1.70. The van der Waals surface area contributed by atoms with E-state index in [9.17, 15) is 4.79 Å². The molecule has 0 unspecified atom stereocenters. The minimum absolute atomic E-state index is 0.138. The highest BCUT2D eigenvalue weighted by Gasteiger charge is 2.53. The highest BCUT2D eigenvalue weighted by Crippen LogP contribution is 2.57. The molecular formula is C18H28O3. The number of unbranched alkanes of at least 4 members (excludes halogenated alkanes) is 1. The Bertz CT molecular complexity index is 377. The lowest BCUT2D eigenvalue weighted by molar-refractivity contribution is -0.182. The summed E-state index contributed by atoms with van der Waals surface area (Å²) in [6.07, 6.45) is 10.1. The molecule has 0 amide bonds. The summed E-state index contributed by atoms with van der Waals surface area (Å²) in [6, 6.07) is 0. The zero-order valence-corrected chi connectivity index (χ0v) is 13.2. The van der Waals surface area contributed by atoms with Crippen molar-refractivity contribution in [2.45, 2.75) is 63.4 Å². The van der Waals surface area contributed by atoms with E-state index in [1.165, 1.54) is 19.3 Å². The van der Waals surface area contributed by atoms with Crippen LogP contribution in [0.2, 0.25) is 0 Å². The van der Waals surface area contributed by atoms with Gasteiger partial charge in [0.2, 0.25) is 0 Å². The summed E-state index contributed by atoms with van der Waals surface area (Å²) in [6.45, 7) is 4.68. The van der Waals surface area contributed by atoms with Crippen molar-refractivity contribution in [1.29, 1.82) is 0 Å². The fraction of sp³-hybridized carbons (Fsp3) is 0.833. The fourth-order valence-electron chi connectivity index (χ4n) is 5.11. The van der Waals surface area contributed by atoms with Crippen molar-refractivity contribution in [2.24, 2.45) is 17.8 Å². The number of hydrogen-bond donors (Lipinski definition) is 0. The van der Waals surface area contributed by atoms with Crippen molar-refractivity contribution in [1.82, 2.24) is 0 Å². The van der Waals surface area contributed by atoms with Gasteiger partial charge in [-0.25, -0.2) is 4.79 Å². The van der Waals surface area contributed by atoms with Crippen LogP contribution in [0.4, 0.5) is 0 Å². The van der Waals surface area contributed by atoms with Gasteiger partial charge in [-0.3, -0.25) is 0 Å². The molecule has 0 aromatic heterocycles. The highest BCUT2D eigenvalue weighted by molar-refractivity contribution is 5.88. The van der Waals surface area contributed by atoms with E-state index in [0.717, 1.165) is 62.9 Å². The molecule has 4 aliphatic rings. The molecule has 0 heterocycles. The Morgan fingerprint density at radius 1 is 1.10 bits per heavy atom. The Morgan fingerprint density at radius 3 is 2.19 bits per heavy atom. The minimum atomic E-state index is -0.144. The van der Waals surface area contributed by atoms with Crippen molar-refractivity contribution in [3.05, 3.63) is 12.2 Å². The van der Waals surface area contributed by atoms with Gasteiger partial charge in [-0.2, -0.15) is 0 Å². The molecule has 0 saturated heterocycles. The van der Waals surface area contributed by atoms with Gasteiger partial charge in [-0.05, 0) is 75.5 Å². The fourth-order valence-corrected chi connectivity index (χ4v) is 5.11. The Balaban J connectivity index is 1.51. The van der Waals surface area contributed by atoms with Gasteiger partial charge in [0, 0.05) is 19.3 Å². The summed E-state index contributed by atoms with van der Waals surface area (Å²) in [5, 5.41) is 0. The SMILES string of the molecule is C=C(CCCCOC)C(=O)OC12CC3CC(CC(C3)C1)C2. The maximum absolute atomic E-state index is 12.3. The van der Waals surface area contributed by atoms with Gasteiger partial charge >= 0.3 is 5.97 Å². The summed E-state index contributed by atoms with van der Waals surface area (Å²) in [5.74, 6) is 2.27. The first kappa shape index (κ1) is 15.1. The van der Waals surface area contributed by atoms with Crippen LogP contribution >= 0.6 is 0 Å². The molecule has 4 rings (SSSR count). The molecule has 118 valence electrons. The third kappa shape index (κ3) is 3.33. The predicted octanol–water partition coefficient (Wildman–Crippen LogP) is 3.87. The number of methoxy groups -OCH3 is 1. The summed E-state index contributed by atoms with van der Waals surface area (Å²) < 4.78 is 11.0. The van der Waals surface area contributed by atoms with E-state index in [2.05, 4.69) is 6.58 Å². The van der Waals surface area contributed by atoms with Gasteiger partial charge in [-0.1, -0.05) is 6.58 Å². The Kier molecular flexibility index (Phi) is 4.39. The molecule has 0 aromatic rings. The maximum Gasteiger partial charge on any atom is 0.333 e. The molecule has 3 nitrogen and oxygen atoms in total. The van der Waals surface area contributed by atoms with Crippen molar-refractivity contribution < 1.29 is 14.3 Å². The second kappa shape index (κ2) is 6.12. The Morgan fingerprint density at radius 2 is 1.67 bits per heavy atom. The zero-order valence-electron chi connectivity index (χ0n) is 13.2.